The Hall–Kier alpha value is 0.540. The van der Waals surface area contributed by atoms with Gasteiger partial charge in [-0.2, -0.15) is 0 Å². The van der Waals surface area contributed by atoms with Gasteiger partial charge in [0.15, 0.2) is 4.30 Å². The SMILES string of the molecule is ClC(Cl)Cl.O=C1CCC1. The van der Waals surface area contributed by atoms with E-state index in [1.807, 2.05) is 0 Å². The number of rotatable bonds is 0. The monoisotopic (exact) mass is 188 g/mol. The van der Waals surface area contributed by atoms with Gasteiger partial charge in [-0.15, -0.1) is 0 Å². The minimum absolute atomic E-state index is 0.435. The van der Waals surface area contributed by atoms with Gasteiger partial charge in [0, 0.05) is 12.8 Å². The molecule has 0 radical (unpaired) electrons. The van der Waals surface area contributed by atoms with Crippen molar-refractivity contribution in [3.63, 3.8) is 0 Å². The molecular weight excluding hydrogens is 182 g/mol. The third kappa shape index (κ3) is 8.54. The minimum atomic E-state index is -0.750. The van der Waals surface area contributed by atoms with E-state index in [-0.39, 0.29) is 0 Å². The number of hydrogen-bond donors (Lipinski definition) is 0. The summed E-state index contributed by atoms with van der Waals surface area (Å²) in [6, 6.07) is 0. The van der Waals surface area contributed by atoms with Gasteiger partial charge in [-0.3, -0.25) is 4.79 Å². The number of ketones is 1. The molecule has 1 saturated carbocycles. The second kappa shape index (κ2) is 5.33. The summed E-state index contributed by atoms with van der Waals surface area (Å²) < 4.78 is -0.750. The maximum atomic E-state index is 9.90. The van der Waals surface area contributed by atoms with E-state index in [0.29, 0.717) is 5.78 Å². The van der Waals surface area contributed by atoms with Gasteiger partial charge in [0.05, 0.1) is 0 Å². The van der Waals surface area contributed by atoms with E-state index in [0.717, 1.165) is 19.3 Å². The second-order valence-electron chi connectivity index (χ2n) is 1.64. The van der Waals surface area contributed by atoms with Crippen molar-refractivity contribution in [2.24, 2.45) is 0 Å². The number of halogens is 3. The smallest absolute Gasteiger partial charge is 0.180 e. The van der Waals surface area contributed by atoms with Crippen LogP contribution in [0.25, 0.3) is 0 Å². The molecule has 54 valence electrons. The number of alkyl halides is 3. The lowest BCUT2D eigenvalue weighted by Crippen LogP contribution is -2.07. The van der Waals surface area contributed by atoms with E-state index in [2.05, 4.69) is 0 Å². The van der Waals surface area contributed by atoms with E-state index < -0.39 is 4.30 Å². The van der Waals surface area contributed by atoms with Crippen molar-refractivity contribution in [1.29, 1.82) is 0 Å². The van der Waals surface area contributed by atoms with Crippen LogP contribution in [0.3, 0.4) is 0 Å². The number of Topliss-reactive ketones (excluding diaryl/α,β-unsaturated/α-hetero) is 1. The van der Waals surface area contributed by atoms with Crippen molar-refractivity contribution in [3.05, 3.63) is 0 Å². The normalized spacial score (nSPS) is 16.2. The Morgan fingerprint density at radius 2 is 1.44 bits per heavy atom. The molecule has 1 aliphatic carbocycles. The van der Waals surface area contributed by atoms with Gasteiger partial charge in [-0.05, 0) is 6.42 Å². The minimum Gasteiger partial charge on any atom is -0.300 e. The zero-order chi connectivity index (χ0) is 7.28. The highest BCUT2D eigenvalue weighted by molar-refractivity contribution is 6.63. The van der Waals surface area contributed by atoms with Gasteiger partial charge >= 0.3 is 0 Å². The molecule has 0 aromatic heterocycles. The standard InChI is InChI=1S/C4H6O.CHCl3/c5-4-2-1-3-4;2-1(3)4/h1-3H2;1H. The first-order chi connectivity index (χ1) is 4.13. The van der Waals surface area contributed by atoms with Crippen molar-refractivity contribution in [1.82, 2.24) is 0 Å². The van der Waals surface area contributed by atoms with Gasteiger partial charge in [0.2, 0.25) is 0 Å². The fourth-order valence-corrected chi connectivity index (χ4v) is 0.321. The lowest BCUT2D eigenvalue weighted by atomic mass is 9.99. The second-order valence-corrected chi connectivity index (χ2v) is 3.62. The largest absolute Gasteiger partial charge is 0.300 e. The third-order valence-electron chi connectivity index (χ3n) is 0.911. The highest BCUT2D eigenvalue weighted by Crippen LogP contribution is 2.10. The van der Waals surface area contributed by atoms with Crippen LogP contribution < -0.4 is 0 Å². The van der Waals surface area contributed by atoms with Gasteiger partial charge in [0.25, 0.3) is 0 Å². The first-order valence-corrected chi connectivity index (χ1v) is 3.88. The van der Waals surface area contributed by atoms with Gasteiger partial charge in [-0.25, -0.2) is 0 Å². The van der Waals surface area contributed by atoms with E-state index in [4.69, 9.17) is 34.8 Å². The van der Waals surface area contributed by atoms with Crippen LogP contribution in [0.4, 0.5) is 0 Å². The van der Waals surface area contributed by atoms with E-state index in [9.17, 15) is 4.79 Å². The predicted molar refractivity (Wildman–Crippen MR) is 40.2 cm³/mol. The number of hydrogen-bond acceptors (Lipinski definition) is 1. The van der Waals surface area contributed by atoms with Crippen LogP contribution in [0.15, 0.2) is 0 Å². The van der Waals surface area contributed by atoms with Gasteiger partial charge in [-0.1, -0.05) is 34.8 Å². The summed E-state index contributed by atoms with van der Waals surface area (Å²) in [6.45, 7) is 0. The summed E-state index contributed by atoms with van der Waals surface area (Å²) in [4.78, 5) is 9.90. The zero-order valence-corrected chi connectivity index (χ0v) is 7.01. The van der Waals surface area contributed by atoms with E-state index in [1.54, 1.807) is 0 Å². The molecule has 9 heavy (non-hydrogen) atoms. The van der Waals surface area contributed by atoms with Crippen molar-refractivity contribution < 1.29 is 4.79 Å². The summed E-state index contributed by atoms with van der Waals surface area (Å²) >= 11 is 14.4. The molecule has 0 bridgehead atoms. The molecule has 0 spiro atoms. The lowest BCUT2D eigenvalue weighted by molar-refractivity contribution is -0.123. The molecule has 4 heteroatoms. The Morgan fingerprint density at radius 3 is 1.44 bits per heavy atom. The Kier molecular flexibility index (Phi) is 5.65. The zero-order valence-electron chi connectivity index (χ0n) is 4.74. The summed E-state index contributed by atoms with van der Waals surface area (Å²) in [5, 5.41) is 0. The Bertz CT molecular complexity index is 83.4. The average molecular weight is 189 g/mol. The maximum Gasteiger partial charge on any atom is 0.180 e. The van der Waals surface area contributed by atoms with Crippen molar-refractivity contribution in [2.75, 3.05) is 0 Å². The molecule has 0 saturated heterocycles. The number of carbonyl (C=O) groups excluding carboxylic acids is 1. The Labute approximate surface area is 69.3 Å². The molecule has 1 rings (SSSR count). The van der Waals surface area contributed by atoms with Crippen molar-refractivity contribution in [3.8, 4) is 0 Å². The molecule has 1 fully saturated rings. The summed E-state index contributed by atoms with van der Waals surface area (Å²) in [6.07, 6.45) is 2.83. The van der Waals surface area contributed by atoms with Crippen LogP contribution in [0, 0.1) is 0 Å². The first-order valence-electron chi connectivity index (χ1n) is 2.57. The van der Waals surface area contributed by atoms with Crippen molar-refractivity contribution in [2.45, 2.75) is 23.6 Å². The fraction of sp³-hybridized carbons (Fsp3) is 0.800. The van der Waals surface area contributed by atoms with Crippen LogP contribution in [-0.4, -0.2) is 10.1 Å². The quantitative estimate of drug-likeness (QED) is 0.536. The molecular formula is C5H7Cl3O. The average Bonchev–Trinajstić information content (AvgIpc) is 1.59. The van der Waals surface area contributed by atoms with Crippen molar-refractivity contribution >= 4 is 40.6 Å². The molecule has 0 amide bonds. The molecule has 0 unspecified atom stereocenters. The molecule has 0 aromatic carbocycles. The maximum absolute atomic E-state index is 9.90. The lowest BCUT2D eigenvalue weighted by Gasteiger charge is -2.05. The highest BCUT2D eigenvalue weighted by Gasteiger charge is 2.09. The topological polar surface area (TPSA) is 17.1 Å². The van der Waals surface area contributed by atoms with E-state index >= 15 is 0 Å². The highest BCUT2D eigenvalue weighted by atomic mass is 35.6. The number of carbonyl (C=O) groups is 1. The van der Waals surface area contributed by atoms with Crippen LogP contribution in [0.5, 0.6) is 0 Å². The predicted octanol–water partition coefficient (Wildman–Crippen LogP) is 2.73. The van der Waals surface area contributed by atoms with Crippen LogP contribution >= 0.6 is 34.8 Å². The molecule has 0 aliphatic heterocycles. The summed E-state index contributed by atoms with van der Waals surface area (Å²) in [7, 11) is 0. The molecule has 1 aliphatic rings. The third-order valence-corrected chi connectivity index (χ3v) is 0.911. The Morgan fingerprint density at radius 1 is 1.22 bits per heavy atom. The first kappa shape index (κ1) is 9.54. The fourth-order valence-electron chi connectivity index (χ4n) is 0.321. The molecule has 0 atom stereocenters. The molecule has 0 heterocycles. The molecule has 0 aromatic rings. The van der Waals surface area contributed by atoms with Gasteiger partial charge < -0.3 is 0 Å². The van der Waals surface area contributed by atoms with E-state index in [1.165, 1.54) is 0 Å². The summed E-state index contributed by atoms with van der Waals surface area (Å²) in [5.41, 5.74) is 0. The summed E-state index contributed by atoms with van der Waals surface area (Å²) in [5.74, 6) is 0.435. The van der Waals surface area contributed by atoms with Crippen LogP contribution in [0.1, 0.15) is 19.3 Å². The van der Waals surface area contributed by atoms with Crippen LogP contribution in [0.2, 0.25) is 0 Å². The van der Waals surface area contributed by atoms with Crippen LogP contribution in [-0.2, 0) is 4.79 Å². The Balaban J connectivity index is 0.000000148. The molecule has 1 nitrogen and oxygen atoms in total. The molecule has 0 N–H and O–H groups in total. The van der Waals surface area contributed by atoms with Gasteiger partial charge in [0.1, 0.15) is 5.78 Å².